The van der Waals surface area contributed by atoms with Gasteiger partial charge in [0.2, 0.25) is 0 Å². The minimum Gasteiger partial charge on any atom is -0.461 e. The van der Waals surface area contributed by atoms with Crippen molar-refractivity contribution in [1.29, 1.82) is 0 Å². The van der Waals surface area contributed by atoms with Crippen LogP contribution in [0.2, 0.25) is 0 Å². The summed E-state index contributed by atoms with van der Waals surface area (Å²) in [5.41, 5.74) is 1.14. The highest BCUT2D eigenvalue weighted by Gasteiger charge is 2.14. The molecule has 2 aromatic heterocycles. The van der Waals surface area contributed by atoms with E-state index < -0.39 is 0 Å². The minimum atomic E-state index is -0.359. The molecule has 0 fully saturated rings. The molecular weight excluding hydrogens is 502 g/mol. The monoisotopic (exact) mass is 518 g/mol. The van der Waals surface area contributed by atoms with Crippen molar-refractivity contribution in [2.75, 3.05) is 6.61 Å². The van der Waals surface area contributed by atoms with Crippen molar-refractivity contribution in [3.63, 3.8) is 0 Å². The average molecular weight is 518 g/mol. The van der Waals surface area contributed by atoms with Crippen molar-refractivity contribution >= 4 is 51.2 Å². The number of carbonyl (C=O) groups excluding carboxylic acids is 1. The van der Waals surface area contributed by atoms with Crippen LogP contribution in [0.1, 0.15) is 23.1 Å². The molecule has 116 valence electrons. The first-order chi connectivity index (χ1) is 9.88. The molecule has 7 nitrogen and oxygen atoms in total. The number of carbonyl (C=O) groups is 1. The summed E-state index contributed by atoms with van der Waals surface area (Å²) in [6.07, 6.45) is 3.64. The SMILES string of the molecule is CCOC(=O)c1nn(C)cc1I.Cn1cc(I)c(CO)n1. The maximum atomic E-state index is 11.2. The molecular formula is C12H16I2N4O3. The minimum absolute atomic E-state index is 0.0269. The lowest BCUT2D eigenvalue weighted by Crippen LogP contribution is -2.07. The van der Waals surface area contributed by atoms with Crippen LogP contribution >= 0.6 is 45.2 Å². The van der Waals surface area contributed by atoms with Gasteiger partial charge in [0, 0.05) is 26.5 Å². The van der Waals surface area contributed by atoms with Crippen LogP contribution in [0.25, 0.3) is 0 Å². The van der Waals surface area contributed by atoms with E-state index in [1.165, 1.54) is 0 Å². The molecule has 0 radical (unpaired) electrons. The molecule has 9 heteroatoms. The maximum absolute atomic E-state index is 11.2. The van der Waals surface area contributed by atoms with Gasteiger partial charge in [-0.05, 0) is 52.1 Å². The summed E-state index contributed by atoms with van der Waals surface area (Å²) in [5.74, 6) is -0.359. The van der Waals surface area contributed by atoms with E-state index in [9.17, 15) is 4.79 Å². The Morgan fingerprint density at radius 3 is 2.14 bits per heavy atom. The molecule has 2 rings (SSSR count). The Balaban J connectivity index is 0.000000219. The zero-order chi connectivity index (χ0) is 16.0. The summed E-state index contributed by atoms with van der Waals surface area (Å²) < 4.78 is 9.91. The van der Waals surface area contributed by atoms with Crippen molar-refractivity contribution in [3.05, 3.63) is 30.9 Å². The van der Waals surface area contributed by atoms with Crippen LogP contribution in [-0.2, 0) is 25.4 Å². The molecule has 21 heavy (non-hydrogen) atoms. The van der Waals surface area contributed by atoms with Crippen molar-refractivity contribution in [2.45, 2.75) is 13.5 Å². The molecule has 0 spiro atoms. The summed E-state index contributed by atoms with van der Waals surface area (Å²) in [5, 5.41) is 16.6. The van der Waals surface area contributed by atoms with E-state index >= 15 is 0 Å². The molecule has 0 atom stereocenters. The van der Waals surface area contributed by atoms with Gasteiger partial charge in [0.15, 0.2) is 5.69 Å². The first-order valence-corrected chi connectivity index (χ1v) is 8.19. The smallest absolute Gasteiger partial charge is 0.359 e. The van der Waals surface area contributed by atoms with Crippen LogP contribution in [0, 0.1) is 7.14 Å². The van der Waals surface area contributed by atoms with Gasteiger partial charge in [0.1, 0.15) is 5.69 Å². The lowest BCUT2D eigenvalue weighted by molar-refractivity contribution is 0.0517. The zero-order valence-corrected chi connectivity index (χ0v) is 16.2. The Hall–Kier alpha value is -0.690. The van der Waals surface area contributed by atoms with Gasteiger partial charge < -0.3 is 9.84 Å². The van der Waals surface area contributed by atoms with E-state index in [4.69, 9.17) is 9.84 Å². The van der Waals surface area contributed by atoms with Crippen molar-refractivity contribution < 1.29 is 14.6 Å². The number of hydrogen-bond acceptors (Lipinski definition) is 5. The van der Waals surface area contributed by atoms with Crippen LogP contribution in [-0.4, -0.2) is 37.2 Å². The highest BCUT2D eigenvalue weighted by Crippen LogP contribution is 2.10. The standard InChI is InChI=1S/C7H9IN2O2.C5H7IN2O/c1-3-12-7(11)6-5(8)4-10(2)9-6;1-8-2-4(6)5(3-9)7-8/h4H,3H2,1-2H3;2,9H,3H2,1H3. The molecule has 0 aliphatic rings. The normalized spacial score (nSPS) is 10.0. The summed E-state index contributed by atoms with van der Waals surface area (Å²) in [4.78, 5) is 11.2. The summed E-state index contributed by atoms with van der Waals surface area (Å²) in [6.45, 7) is 2.18. The van der Waals surface area contributed by atoms with Gasteiger partial charge in [-0.15, -0.1) is 0 Å². The van der Waals surface area contributed by atoms with Gasteiger partial charge in [-0.3, -0.25) is 9.36 Å². The van der Waals surface area contributed by atoms with Crippen LogP contribution < -0.4 is 0 Å². The molecule has 0 amide bonds. The topological polar surface area (TPSA) is 82.2 Å². The van der Waals surface area contributed by atoms with Crippen LogP contribution in [0.4, 0.5) is 0 Å². The largest absolute Gasteiger partial charge is 0.461 e. The van der Waals surface area contributed by atoms with E-state index in [0.717, 1.165) is 12.8 Å². The second-order valence-electron chi connectivity index (χ2n) is 3.98. The number of aromatic nitrogens is 4. The predicted octanol–water partition coefficient (Wildman–Crippen LogP) is 1.72. The van der Waals surface area contributed by atoms with E-state index in [0.29, 0.717) is 12.3 Å². The summed E-state index contributed by atoms with van der Waals surface area (Å²) in [7, 11) is 3.60. The van der Waals surface area contributed by atoms with Crippen LogP contribution in [0.5, 0.6) is 0 Å². The fourth-order valence-corrected chi connectivity index (χ4v) is 2.82. The van der Waals surface area contributed by atoms with Crippen molar-refractivity contribution in [1.82, 2.24) is 19.6 Å². The van der Waals surface area contributed by atoms with Gasteiger partial charge >= 0.3 is 5.97 Å². The molecule has 0 unspecified atom stereocenters. The average Bonchev–Trinajstić information content (AvgIpc) is 2.92. The first kappa shape index (κ1) is 18.4. The number of halogens is 2. The maximum Gasteiger partial charge on any atom is 0.359 e. The molecule has 0 saturated heterocycles. The molecule has 2 heterocycles. The van der Waals surface area contributed by atoms with Gasteiger partial charge in [-0.2, -0.15) is 10.2 Å². The third-order valence-corrected chi connectivity index (χ3v) is 3.95. The number of aliphatic hydroxyl groups is 1. The molecule has 0 aliphatic carbocycles. The Morgan fingerprint density at radius 1 is 1.24 bits per heavy atom. The number of rotatable bonds is 3. The van der Waals surface area contributed by atoms with Gasteiger partial charge in [0.05, 0.1) is 20.4 Å². The molecule has 0 aliphatic heterocycles. The number of hydrogen-bond donors (Lipinski definition) is 1. The number of nitrogens with zero attached hydrogens (tertiary/aromatic N) is 4. The first-order valence-electron chi connectivity index (χ1n) is 6.04. The Kier molecular flexibility index (Phi) is 7.59. The summed E-state index contributed by atoms with van der Waals surface area (Å²) >= 11 is 4.19. The van der Waals surface area contributed by atoms with Crippen molar-refractivity contribution in [2.24, 2.45) is 14.1 Å². The predicted molar refractivity (Wildman–Crippen MR) is 93.7 cm³/mol. The molecule has 1 N–H and O–H groups in total. The van der Waals surface area contributed by atoms with Gasteiger partial charge in [-0.25, -0.2) is 4.79 Å². The van der Waals surface area contributed by atoms with E-state index in [1.54, 1.807) is 29.5 Å². The quantitative estimate of drug-likeness (QED) is 0.495. The number of aliphatic hydroxyl groups excluding tert-OH is 1. The number of esters is 1. The molecule has 0 saturated carbocycles. The van der Waals surface area contributed by atoms with E-state index in [-0.39, 0.29) is 12.6 Å². The molecule has 2 aromatic rings. The van der Waals surface area contributed by atoms with E-state index in [1.807, 2.05) is 13.2 Å². The molecule has 0 bridgehead atoms. The third kappa shape index (κ3) is 5.54. The van der Waals surface area contributed by atoms with Crippen LogP contribution in [0.3, 0.4) is 0 Å². The Labute approximate surface area is 149 Å². The van der Waals surface area contributed by atoms with E-state index in [2.05, 4.69) is 55.4 Å². The third-order valence-electron chi connectivity index (χ3n) is 2.26. The highest BCUT2D eigenvalue weighted by molar-refractivity contribution is 14.1. The lowest BCUT2D eigenvalue weighted by Gasteiger charge is -1.96. The lowest BCUT2D eigenvalue weighted by atomic mass is 10.4. The fourth-order valence-electron chi connectivity index (χ4n) is 1.41. The second-order valence-corrected chi connectivity index (χ2v) is 6.30. The number of ether oxygens (including phenoxy) is 1. The van der Waals surface area contributed by atoms with Crippen LogP contribution in [0.15, 0.2) is 12.4 Å². The number of aryl methyl sites for hydroxylation is 2. The fraction of sp³-hybridized carbons (Fsp3) is 0.417. The van der Waals surface area contributed by atoms with Gasteiger partial charge in [0.25, 0.3) is 0 Å². The highest BCUT2D eigenvalue weighted by atomic mass is 127. The summed E-state index contributed by atoms with van der Waals surface area (Å²) in [6, 6.07) is 0. The second kappa shape index (κ2) is 8.68. The van der Waals surface area contributed by atoms with Crippen molar-refractivity contribution in [3.8, 4) is 0 Å². The Bertz CT molecular complexity index is 610. The molecule has 0 aromatic carbocycles. The van der Waals surface area contributed by atoms with Gasteiger partial charge in [-0.1, -0.05) is 0 Å². The zero-order valence-electron chi connectivity index (χ0n) is 11.9. The Morgan fingerprint density at radius 2 is 1.81 bits per heavy atom.